The number of rotatable bonds is 8. The molecule has 38 heavy (non-hydrogen) atoms. The number of piperazine rings is 1. The number of aliphatic hydroxyl groups excluding tert-OH is 1. The Bertz CT molecular complexity index is 1250. The maximum Gasteiger partial charge on any atom is 0.255 e. The number of pyridine rings is 1. The van der Waals surface area contributed by atoms with Crippen LogP contribution in [-0.2, 0) is 18.6 Å². The second-order valence-electron chi connectivity index (χ2n) is 10.4. The molecule has 8 heteroatoms. The summed E-state index contributed by atoms with van der Waals surface area (Å²) in [7, 11) is 3.51. The van der Waals surface area contributed by atoms with Gasteiger partial charge in [-0.25, -0.2) is 4.39 Å². The van der Waals surface area contributed by atoms with Gasteiger partial charge >= 0.3 is 0 Å². The summed E-state index contributed by atoms with van der Waals surface area (Å²) >= 11 is 0. The SMILES string of the molecule is CCc1ccc(N2CCN(C[C@@](C)(O)c3ccc(CO)nc3)C[C@H]2c2ccc(F)cc2)c(C(=O)N(C)C)c1. The first-order chi connectivity index (χ1) is 18.1. The van der Waals surface area contributed by atoms with Gasteiger partial charge in [0, 0.05) is 52.0 Å². The standard InChI is InChI=1S/C30H37FN4O3/c1-5-21-6-13-27(26(16-21)29(37)33(3)4)35-15-14-34(18-28(35)22-7-10-24(31)11-8-22)20-30(2,38)23-9-12-25(19-36)32-17-23/h6-13,16-17,28,36,38H,5,14-15,18-20H2,1-4H3/t28-,30+/m0/s1. The molecule has 3 aromatic rings. The molecule has 1 saturated heterocycles. The van der Waals surface area contributed by atoms with Crippen molar-refractivity contribution in [3.8, 4) is 0 Å². The number of aryl methyl sites for hydroxylation is 1. The highest BCUT2D eigenvalue weighted by atomic mass is 19.1. The highest BCUT2D eigenvalue weighted by Gasteiger charge is 2.35. The molecule has 4 rings (SSSR count). The highest BCUT2D eigenvalue weighted by molar-refractivity contribution is 6.00. The van der Waals surface area contributed by atoms with E-state index in [0.717, 1.165) is 23.2 Å². The number of hydrogen-bond donors (Lipinski definition) is 2. The lowest BCUT2D eigenvalue weighted by Crippen LogP contribution is -2.52. The van der Waals surface area contributed by atoms with E-state index in [9.17, 15) is 19.4 Å². The summed E-state index contributed by atoms with van der Waals surface area (Å²) in [6.07, 6.45) is 2.43. The molecule has 1 fully saturated rings. The van der Waals surface area contributed by atoms with E-state index in [4.69, 9.17) is 0 Å². The molecule has 2 atom stereocenters. The van der Waals surface area contributed by atoms with E-state index in [0.29, 0.717) is 43.0 Å². The lowest BCUT2D eigenvalue weighted by atomic mass is 9.94. The van der Waals surface area contributed by atoms with E-state index < -0.39 is 5.60 Å². The number of benzene rings is 2. The van der Waals surface area contributed by atoms with Gasteiger partial charge in [0.05, 0.1) is 29.6 Å². The predicted octanol–water partition coefficient (Wildman–Crippen LogP) is 3.75. The van der Waals surface area contributed by atoms with Crippen LogP contribution >= 0.6 is 0 Å². The number of aliphatic hydroxyl groups is 2. The number of carbonyl (C=O) groups is 1. The third-order valence-electron chi connectivity index (χ3n) is 7.27. The van der Waals surface area contributed by atoms with Crippen LogP contribution in [0.5, 0.6) is 0 Å². The Kier molecular flexibility index (Phi) is 8.45. The average molecular weight is 521 g/mol. The van der Waals surface area contributed by atoms with E-state index in [1.54, 1.807) is 56.4 Å². The molecule has 0 aliphatic carbocycles. The Balaban J connectivity index is 1.67. The van der Waals surface area contributed by atoms with E-state index >= 15 is 0 Å². The molecule has 7 nitrogen and oxygen atoms in total. The van der Waals surface area contributed by atoms with Crippen LogP contribution in [0.2, 0.25) is 0 Å². The first-order valence-electron chi connectivity index (χ1n) is 13.0. The summed E-state index contributed by atoms with van der Waals surface area (Å²) in [5.41, 5.74) is 3.59. The van der Waals surface area contributed by atoms with Gasteiger partial charge in [-0.2, -0.15) is 0 Å². The minimum atomic E-state index is -1.16. The minimum Gasteiger partial charge on any atom is -0.390 e. The Morgan fingerprint density at radius 2 is 1.87 bits per heavy atom. The zero-order chi connectivity index (χ0) is 27.4. The molecule has 0 radical (unpaired) electrons. The molecule has 0 saturated carbocycles. The van der Waals surface area contributed by atoms with Gasteiger partial charge in [0.2, 0.25) is 0 Å². The Morgan fingerprint density at radius 1 is 1.13 bits per heavy atom. The summed E-state index contributed by atoms with van der Waals surface area (Å²) in [4.78, 5) is 23.4. The third kappa shape index (κ3) is 6.04. The van der Waals surface area contributed by atoms with Crippen LogP contribution in [0.15, 0.2) is 60.8 Å². The smallest absolute Gasteiger partial charge is 0.255 e. The topological polar surface area (TPSA) is 80.1 Å². The van der Waals surface area contributed by atoms with E-state index in [1.165, 1.54) is 12.1 Å². The van der Waals surface area contributed by atoms with E-state index in [1.807, 2.05) is 12.1 Å². The van der Waals surface area contributed by atoms with Crippen molar-refractivity contribution in [1.29, 1.82) is 0 Å². The summed E-state index contributed by atoms with van der Waals surface area (Å²) < 4.78 is 13.8. The van der Waals surface area contributed by atoms with Gasteiger partial charge in [0.15, 0.2) is 0 Å². The number of halogens is 1. The minimum absolute atomic E-state index is 0.0580. The van der Waals surface area contributed by atoms with Crippen molar-refractivity contribution < 1.29 is 19.4 Å². The summed E-state index contributed by atoms with van der Waals surface area (Å²) in [6.45, 7) is 5.92. The lowest BCUT2D eigenvalue weighted by Gasteiger charge is -2.45. The Morgan fingerprint density at radius 3 is 2.47 bits per heavy atom. The van der Waals surface area contributed by atoms with Crippen LogP contribution in [0.25, 0.3) is 0 Å². The molecule has 0 spiro atoms. The second-order valence-corrected chi connectivity index (χ2v) is 10.4. The van der Waals surface area contributed by atoms with Crippen LogP contribution < -0.4 is 4.90 Å². The third-order valence-corrected chi connectivity index (χ3v) is 7.27. The monoisotopic (exact) mass is 520 g/mol. The first kappa shape index (κ1) is 27.7. The number of hydrogen-bond acceptors (Lipinski definition) is 6. The maximum absolute atomic E-state index is 13.8. The van der Waals surface area contributed by atoms with Crippen molar-refractivity contribution in [3.05, 3.63) is 94.6 Å². The number of aromatic nitrogens is 1. The van der Waals surface area contributed by atoms with Crippen LogP contribution in [-0.4, -0.2) is 71.2 Å². The van der Waals surface area contributed by atoms with Crippen LogP contribution in [0, 0.1) is 5.82 Å². The number of anilines is 1. The number of nitrogens with zero attached hydrogens (tertiary/aromatic N) is 4. The van der Waals surface area contributed by atoms with Gasteiger partial charge in [-0.05, 0) is 54.8 Å². The fourth-order valence-electron chi connectivity index (χ4n) is 5.07. The van der Waals surface area contributed by atoms with Crippen molar-refractivity contribution in [2.75, 3.05) is 45.2 Å². The average Bonchev–Trinajstić information content (AvgIpc) is 2.92. The summed E-state index contributed by atoms with van der Waals surface area (Å²) in [5.74, 6) is -0.358. The molecule has 0 unspecified atom stereocenters. The zero-order valence-corrected chi connectivity index (χ0v) is 22.6. The zero-order valence-electron chi connectivity index (χ0n) is 22.6. The van der Waals surface area contributed by atoms with Crippen molar-refractivity contribution in [2.45, 2.75) is 38.5 Å². The van der Waals surface area contributed by atoms with Gasteiger partial charge in [-0.1, -0.05) is 31.2 Å². The largest absolute Gasteiger partial charge is 0.390 e. The summed E-state index contributed by atoms with van der Waals surface area (Å²) in [6, 6.07) is 15.9. The fraction of sp³-hybridized carbons (Fsp3) is 0.400. The second kappa shape index (κ2) is 11.6. The van der Waals surface area contributed by atoms with Crippen LogP contribution in [0.4, 0.5) is 10.1 Å². The van der Waals surface area contributed by atoms with Gasteiger partial charge in [0.1, 0.15) is 11.4 Å². The fourth-order valence-corrected chi connectivity index (χ4v) is 5.07. The summed E-state index contributed by atoms with van der Waals surface area (Å²) in [5, 5.41) is 20.6. The first-order valence-corrected chi connectivity index (χ1v) is 13.0. The normalized spacial score (nSPS) is 17.8. The van der Waals surface area contributed by atoms with E-state index in [-0.39, 0.29) is 24.4 Å². The number of carbonyl (C=O) groups excluding carboxylic acids is 1. The van der Waals surface area contributed by atoms with Gasteiger partial charge in [-0.15, -0.1) is 0 Å². The maximum atomic E-state index is 13.8. The number of amides is 1. The van der Waals surface area contributed by atoms with Gasteiger partial charge in [0.25, 0.3) is 5.91 Å². The molecule has 1 aliphatic heterocycles. The van der Waals surface area contributed by atoms with Crippen molar-refractivity contribution in [1.82, 2.24) is 14.8 Å². The molecule has 0 bridgehead atoms. The quantitative estimate of drug-likeness (QED) is 0.471. The van der Waals surface area contributed by atoms with E-state index in [2.05, 4.69) is 27.8 Å². The van der Waals surface area contributed by atoms with Crippen molar-refractivity contribution >= 4 is 11.6 Å². The molecule has 2 aromatic carbocycles. The van der Waals surface area contributed by atoms with Crippen LogP contribution in [0.3, 0.4) is 0 Å². The molecule has 1 aromatic heterocycles. The molecule has 2 heterocycles. The molecule has 2 N–H and O–H groups in total. The van der Waals surface area contributed by atoms with Crippen molar-refractivity contribution in [3.63, 3.8) is 0 Å². The van der Waals surface area contributed by atoms with Gasteiger partial charge in [-0.3, -0.25) is 14.7 Å². The Labute approximate surface area is 224 Å². The number of β-amino-alcohol motifs (C(OH)–C–C–N with tert-alkyl or cyclic N) is 1. The molecule has 202 valence electrons. The molecular formula is C30H37FN4O3. The molecule has 1 aliphatic rings. The van der Waals surface area contributed by atoms with Gasteiger partial charge < -0.3 is 20.0 Å². The molecular weight excluding hydrogens is 483 g/mol. The highest BCUT2D eigenvalue weighted by Crippen LogP contribution is 2.35. The lowest BCUT2D eigenvalue weighted by molar-refractivity contribution is 0.00996. The molecule has 1 amide bonds. The van der Waals surface area contributed by atoms with Crippen LogP contribution in [0.1, 0.15) is 52.6 Å². The van der Waals surface area contributed by atoms with Crippen molar-refractivity contribution in [2.24, 2.45) is 0 Å². The predicted molar refractivity (Wildman–Crippen MR) is 146 cm³/mol. The Hall–Kier alpha value is -3.33.